The van der Waals surface area contributed by atoms with Crippen LogP contribution in [0.5, 0.6) is 0 Å². The SMILES string of the molecule is CC[C@H](C)c1nc(N2CCN(C(=O)C3CCCCC3)CC2)c2c3c(sc2n1)C[C@@H](C)CC3. The maximum Gasteiger partial charge on any atom is 0.225 e. The fourth-order valence-corrected chi connectivity index (χ4v) is 7.10. The van der Waals surface area contributed by atoms with E-state index in [2.05, 4.69) is 30.6 Å². The Morgan fingerprint density at radius 1 is 1.09 bits per heavy atom. The monoisotopic (exact) mass is 454 g/mol. The number of carbonyl (C=O) groups is 1. The number of aryl methyl sites for hydroxylation is 1. The number of hydrogen-bond acceptors (Lipinski definition) is 5. The molecule has 2 fully saturated rings. The summed E-state index contributed by atoms with van der Waals surface area (Å²) < 4.78 is 0. The summed E-state index contributed by atoms with van der Waals surface area (Å²) in [6.07, 6.45) is 10.5. The van der Waals surface area contributed by atoms with Crippen molar-refractivity contribution in [3.63, 3.8) is 0 Å². The van der Waals surface area contributed by atoms with Crippen molar-refractivity contribution in [3.8, 4) is 0 Å². The third-order valence-electron chi connectivity index (χ3n) is 8.05. The van der Waals surface area contributed by atoms with Crippen molar-refractivity contribution in [3.05, 3.63) is 16.3 Å². The Morgan fingerprint density at radius 2 is 1.84 bits per heavy atom. The van der Waals surface area contributed by atoms with Crippen LogP contribution >= 0.6 is 11.3 Å². The van der Waals surface area contributed by atoms with Gasteiger partial charge in [0.15, 0.2) is 0 Å². The second-order valence-corrected chi connectivity index (χ2v) is 11.5. The van der Waals surface area contributed by atoms with Crippen molar-refractivity contribution in [2.75, 3.05) is 31.1 Å². The van der Waals surface area contributed by atoms with Gasteiger partial charge < -0.3 is 9.80 Å². The zero-order chi connectivity index (χ0) is 22.2. The molecule has 0 spiro atoms. The van der Waals surface area contributed by atoms with Gasteiger partial charge in [0.1, 0.15) is 16.5 Å². The summed E-state index contributed by atoms with van der Waals surface area (Å²) in [5, 5.41) is 1.32. The van der Waals surface area contributed by atoms with Crippen LogP contribution in [-0.2, 0) is 17.6 Å². The molecule has 6 heteroatoms. The number of amides is 1. The Bertz CT molecular complexity index is 972. The van der Waals surface area contributed by atoms with Crippen LogP contribution in [-0.4, -0.2) is 47.0 Å². The van der Waals surface area contributed by atoms with Gasteiger partial charge in [-0.05, 0) is 50.0 Å². The fourth-order valence-electron chi connectivity index (χ4n) is 5.72. The van der Waals surface area contributed by atoms with Crippen molar-refractivity contribution in [1.82, 2.24) is 14.9 Å². The van der Waals surface area contributed by atoms with Crippen LogP contribution in [0.3, 0.4) is 0 Å². The van der Waals surface area contributed by atoms with Crippen molar-refractivity contribution >= 4 is 33.3 Å². The lowest BCUT2D eigenvalue weighted by molar-refractivity contribution is -0.136. The van der Waals surface area contributed by atoms with Crippen LogP contribution in [0.4, 0.5) is 5.82 Å². The first-order valence-corrected chi connectivity index (χ1v) is 13.7. The van der Waals surface area contributed by atoms with E-state index >= 15 is 0 Å². The molecule has 5 rings (SSSR count). The Morgan fingerprint density at radius 3 is 2.56 bits per heavy atom. The van der Waals surface area contributed by atoms with E-state index < -0.39 is 0 Å². The minimum absolute atomic E-state index is 0.268. The van der Waals surface area contributed by atoms with E-state index in [0.717, 1.165) is 69.4 Å². The molecule has 0 radical (unpaired) electrons. The molecule has 0 aromatic carbocycles. The third-order valence-corrected chi connectivity index (χ3v) is 9.20. The highest BCUT2D eigenvalue weighted by Gasteiger charge is 2.31. The van der Waals surface area contributed by atoms with E-state index in [-0.39, 0.29) is 5.92 Å². The number of aromatic nitrogens is 2. The molecule has 32 heavy (non-hydrogen) atoms. The molecule has 1 aliphatic heterocycles. The molecule has 3 heterocycles. The van der Waals surface area contributed by atoms with Gasteiger partial charge in [-0.15, -0.1) is 11.3 Å². The minimum Gasteiger partial charge on any atom is -0.352 e. The molecule has 1 saturated heterocycles. The zero-order valence-electron chi connectivity index (χ0n) is 20.0. The Labute approximate surface area is 196 Å². The standard InChI is InChI=1S/C26H38N4OS/c1-4-18(3)23-27-24(22-20-11-10-17(2)16-21(20)32-25(22)28-23)29-12-14-30(15-13-29)26(31)19-8-6-5-7-9-19/h17-19H,4-16H2,1-3H3/t17-,18-/m0/s1. The lowest BCUT2D eigenvalue weighted by Gasteiger charge is -2.38. The highest BCUT2D eigenvalue weighted by atomic mass is 32.1. The largest absolute Gasteiger partial charge is 0.352 e. The van der Waals surface area contributed by atoms with Crippen molar-refractivity contribution in [1.29, 1.82) is 0 Å². The summed E-state index contributed by atoms with van der Waals surface area (Å²) in [5.74, 6) is 3.92. The number of piperazine rings is 1. The van der Waals surface area contributed by atoms with Gasteiger partial charge in [0, 0.05) is 42.9 Å². The lowest BCUT2D eigenvalue weighted by Crippen LogP contribution is -2.51. The molecule has 2 aromatic heterocycles. The van der Waals surface area contributed by atoms with E-state index in [9.17, 15) is 4.79 Å². The molecule has 1 amide bonds. The highest BCUT2D eigenvalue weighted by Crippen LogP contribution is 2.42. The van der Waals surface area contributed by atoms with Gasteiger partial charge >= 0.3 is 0 Å². The summed E-state index contributed by atoms with van der Waals surface area (Å²) in [5.41, 5.74) is 1.51. The van der Waals surface area contributed by atoms with Gasteiger partial charge in [-0.25, -0.2) is 9.97 Å². The summed E-state index contributed by atoms with van der Waals surface area (Å²) >= 11 is 1.91. The van der Waals surface area contributed by atoms with Gasteiger partial charge in [-0.1, -0.05) is 40.0 Å². The van der Waals surface area contributed by atoms with Crippen molar-refractivity contribution in [2.45, 2.75) is 84.5 Å². The Hall–Kier alpha value is -1.69. The van der Waals surface area contributed by atoms with Crippen LogP contribution in [0.15, 0.2) is 0 Å². The second-order valence-electron chi connectivity index (χ2n) is 10.4. The molecule has 174 valence electrons. The first-order chi connectivity index (χ1) is 15.5. The maximum atomic E-state index is 13.1. The Kier molecular flexibility index (Phi) is 6.42. The first kappa shape index (κ1) is 22.1. The maximum absolute atomic E-state index is 13.1. The molecule has 3 aliphatic rings. The number of thiophene rings is 1. The van der Waals surface area contributed by atoms with E-state index in [1.54, 1.807) is 0 Å². The highest BCUT2D eigenvalue weighted by molar-refractivity contribution is 7.19. The van der Waals surface area contributed by atoms with Crippen LogP contribution in [0.2, 0.25) is 0 Å². The topological polar surface area (TPSA) is 49.3 Å². The molecule has 2 aliphatic carbocycles. The number of carbonyl (C=O) groups excluding carboxylic acids is 1. The number of nitrogens with zero attached hydrogens (tertiary/aromatic N) is 4. The van der Waals surface area contributed by atoms with Gasteiger partial charge in [-0.3, -0.25) is 4.79 Å². The molecule has 0 N–H and O–H groups in total. The lowest BCUT2D eigenvalue weighted by atomic mass is 9.88. The van der Waals surface area contributed by atoms with Gasteiger partial charge in [0.25, 0.3) is 0 Å². The average molecular weight is 455 g/mol. The predicted molar refractivity (Wildman–Crippen MR) is 133 cm³/mol. The molecule has 1 saturated carbocycles. The third kappa shape index (κ3) is 4.15. The molecular formula is C26H38N4OS. The van der Waals surface area contributed by atoms with Crippen LogP contribution in [0.1, 0.15) is 87.9 Å². The summed E-state index contributed by atoms with van der Waals surface area (Å²) in [7, 11) is 0. The number of rotatable bonds is 4. The van der Waals surface area contributed by atoms with E-state index in [1.165, 1.54) is 52.8 Å². The van der Waals surface area contributed by atoms with E-state index in [1.807, 2.05) is 11.3 Å². The first-order valence-electron chi connectivity index (χ1n) is 12.9. The molecule has 0 unspecified atom stereocenters. The van der Waals surface area contributed by atoms with E-state index in [4.69, 9.17) is 9.97 Å². The summed E-state index contributed by atoms with van der Waals surface area (Å²) in [4.78, 5) is 30.6. The summed E-state index contributed by atoms with van der Waals surface area (Å²) in [6, 6.07) is 0. The number of fused-ring (bicyclic) bond motifs is 3. The van der Waals surface area contributed by atoms with Crippen LogP contribution in [0.25, 0.3) is 10.2 Å². The molecule has 5 nitrogen and oxygen atoms in total. The molecule has 2 aromatic rings. The van der Waals surface area contributed by atoms with Crippen molar-refractivity contribution in [2.24, 2.45) is 11.8 Å². The molecule has 0 bridgehead atoms. The average Bonchev–Trinajstić information content (AvgIpc) is 3.20. The normalized spacial score (nSPS) is 23.4. The van der Waals surface area contributed by atoms with Crippen molar-refractivity contribution < 1.29 is 4.79 Å². The van der Waals surface area contributed by atoms with Gasteiger partial charge in [0.2, 0.25) is 5.91 Å². The van der Waals surface area contributed by atoms with Crippen LogP contribution in [0, 0.1) is 11.8 Å². The predicted octanol–water partition coefficient (Wildman–Crippen LogP) is 5.56. The number of anilines is 1. The zero-order valence-corrected chi connectivity index (χ0v) is 20.8. The Balaban J connectivity index is 1.42. The molecular weight excluding hydrogens is 416 g/mol. The van der Waals surface area contributed by atoms with Crippen LogP contribution < -0.4 is 4.90 Å². The molecule has 2 atom stereocenters. The van der Waals surface area contributed by atoms with Gasteiger partial charge in [-0.2, -0.15) is 0 Å². The second kappa shape index (κ2) is 9.28. The fraction of sp³-hybridized carbons (Fsp3) is 0.731. The summed E-state index contributed by atoms with van der Waals surface area (Å²) in [6.45, 7) is 10.2. The smallest absolute Gasteiger partial charge is 0.225 e. The van der Waals surface area contributed by atoms with Gasteiger partial charge in [0.05, 0.1) is 5.39 Å². The minimum atomic E-state index is 0.268. The van der Waals surface area contributed by atoms with E-state index in [0.29, 0.717) is 11.8 Å². The number of hydrogen-bond donors (Lipinski definition) is 0. The quantitative estimate of drug-likeness (QED) is 0.607.